The van der Waals surface area contributed by atoms with E-state index in [1.54, 1.807) is 18.5 Å². The first-order valence-electron chi connectivity index (χ1n) is 5.64. The van der Waals surface area contributed by atoms with E-state index in [2.05, 4.69) is 10.5 Å². The van der Waals surface area contributed by atoms with Gasteiger partial charge in [-0.05, 0) is 24.1 Å². The Kier molecular flexibility index (Phi) is 4.04. The fraction of sp³-hybridized carbons (Fsp3) is 0.143. The first-order valence-corrected chi connectivity index (χ1v) is 5.64. The second kappa shape index (κ2) is 5.93. The van der Waals surface area contributed by atoms with Crippen molar-refractivity contribution < 1.29 is 9.63 Å². The molecule has 0 saturated heterocycles. The number of aromatic nitrogens is 1. The molecule has 2 rings (SSSR count). The van der Waals surface area contributed by atoms with Gasteiger partial charge < -0.3 is 0 Å². The zero-order valence-corrected chi connectivity index (χ0v) is 10.1. The van der Waals surface area contributed by atoms with Crippen LogP contribution in [0.2, 0.25) is 0 Å². The van der Waals surface area contributed by atoms with E-state index in [0.717, 1.165) is 11.1 Å². The fourth-order valence-electron chi connectivity index (χ4n) is 1.54. The highest BCUT2D eigenvalue weighted by molar-refractivity contribution is 5.94. The number of carbonyl (C=O) groups excluding carboxylic acids is 1. The van der Waals surface area contributed by atoms with Crippen molar-refractivity contribution in [2.24, 2.45) is 0 Å². The summed E-state index contributed by atoms with van der Waals surface area (Å²) in [4.78, 5) is 20.9. The van der Waals surface area contributed by atoms with Gasteiger partial charge in [0.05, 0.1) is 6.61 Å². The standard InChI is InChI=1S/C14H14N2O2/c1-11-9-15-8-7-13(11)14(17)16-18-10-12-5-3-2-4-6-12/h2-9H,10H2,1H3,(H,16,17). The Morgan fingerprint density at radius 2 is 2.06 bits per heavy atom. The van der Waals surface area contributed by atoms with Gasteiger partial charge in [-0.15, -0.1) is 0 Å². The van der Waals surface area contributed by atoms with Gasteiger partial charge in [-0.3, -0.25) is 14.6 Å². The van der Waals surface area contributed by atoms with Gasteiger partial charge in [-0.1, -0.05) is 30.3 Å². The predicted molar refractivity (Wildman–Crippen MR) is 67.7 cm³/mol. The number of amides is 1. The van der Waals surface area contributed by atoms with Crippen molar-refractivity contribution in [3.8, 4) is 0 Å². The Bertz CT molecular complexity index is 526. The number of hydrogen-bond acceptors (Lipinski definition) is 3. The molecule has 4 nitrogen and oxygen atoms in total. The highest BCUT2D eigenvalue weighted by Crippen LogP contribution is 2.05. The second-order valence-electron chi connectivity index (χ2n) is 3.90. The lowest BCUT2D eigenvalue weighted by Gasteiger charge is -2.07. The van der Waals surface area contributed by atoms with Crippen molar-refractivity contribution in [1.82, 2.24) is 10.5 Å². The van der Waals surface area contributed by atoms with Crippen LogP contribution in [0.15, 0.2) is 48.8 Å². The molecule has 92 valence electrons. The van der Waals surface area contributed by atoms with Crippen LogP contribution in [0.3, 0.4) is 0 Å². The molecule has 0 spiro atoms. The number of pyridine rings is 1. The van der Waals surface area contributed by atoms with E-state index in [9.17, 15) is 4.79 Å². The molecule has 1 aromatic heterocycles. The quantitative estimate of drug-likeness (QED) is 0.837. The molecule has 1 heterocycles. The summed E-state index contributed by atoms with van der Waals surface area (Å²) in [6.07, 6.45) is 3.23. The molecule has 0 atom stereocenters. The summed E-state index contributed by atoms with van der Waals surface area (Å²) in [6.45, 7) is 2.18. The van der Waals surface area contributed by atoms with E-state index >= 15 is 0 Å². The third kappa shape index (κ3) is 3.15. The Balaban J connectivity index is 1.88. The topological polar surface area (TPSA) is 51.2 Å². The average Bonchev–Trinajstić information content (AvgIpc) is 2.40. The van der Waals surface area contributed by atoms with Crippen LogP contribution in [-0.2, 0) is 11.4 Å². The van der Waals surface area contributed by atoms with Crippen LogP contribution in [0, 0.1) is 6.92 Å². The van der Waals surface area contributed by atoms with Crippen molar-refractivity contribution in [2.75, 3.05) is 0 Å². The summed E-state index contributed by atoms with van der Waals surface area (Å²) in [5.41, 5.74) is 4.81. The van der Waals surface area contributed by atoms with Gasteiger partial charge in [0.15, 0.2) is 0 Å². The SMILES string of the molecule is Cc1cnccc1C(=O)NOCc1ccccc1. The van der Waals surface area contributed by atoms with Crippen molar-refractivity contribution >= 4 is 5.91 Å². The van der Waals surface area contributed by atoms with Crippen LogP contribution >= 0.6 is 0 Å². The molecule has 4 heteroatoms. The van der Waals surface area contributed by atoms with E-state index in [4.69, 9.17) is 4.84 Å². The summed E-state index contributed by atoms with van der Waals surface area (Å²) in [5.74, 6) is -0.258. The summed E-state index contributed by atoms with van der Waals surface area (Å²) in [6, 6.07) is 11.3. The Hall–Kier alpha value is -2.20. The van der Waals surface area contributed by atoms with Gasteiger partial charge in [0, 0.05) is 18.0 Å². The number of aryl methyl sites for hydroxylation is 1. The van der Waals surface area contributed by atoms with E-state index in [1.807, 2.05) is 37.3 Å². The molecule has 2 aromatic rings. The zero-order chi connectivity index (χ0) is 12.8. The molecule has 0 saturated carbocycles. The van der Waals surface area contributed by atoms with Crippen LogP contribution in [0.5, 0.6) is 0 Å². The first-order chi connectivity index (χ1) is 8.77. The molecule has 0 radical (unpaired) electrons. The molecule has 0 fully saturated rings. The number of nitrogens with zero attached hydrogens (tertiary/aromatic N) is 1. The van der Waals surface area contributed by atoms with Crippen molar-refractivity contribution in [3.63, 3.8) is 0 Å². The normalized spacial score (nSPS) is 10.1. The number of carbonyl (C=O) groups is 1. The predicted octanol–water partition coefficient (Wildman–Crippen LogP) is 2.25. The van der Waals surface area contributed by atoms with Crippen molar-refractivity contribution in [3.05, 3.63) is 65.5 Å². The van der Waals surface area contributed by atoms with E-state index in [-0.39, 0.29) is 5.91 Å². The minimum atomic E-state index is -0.258. The van der Waals surface area contributed by atoms with Gasteiger partial charge in [-0.25, -0.2) is 5.48 Å². The lowest BCUT2D eigenvalue weighted by atomic mass is 10.1. The lowest BCUT2D eigenvalue weighted by Crippen LogP contribution is -2.24. The van der Waals surface area contributed by atoms with E-state index in [1.165, 1.54) is 0 Å². The molecule has 1 aromatic carbocycles. The molecule has 1 amide bonds. The summed E-state index contributed by atoms with van der Waals surface area (Å²) in [7, 11) is 0. The van der Waals surface area contributed by atoms with Crippen molar-refractivity contribution in [2.45, 2.75) is 13.5 Å². The zero-order valence-electron chi connectivity index (χ0n) is 10.1. The number of hydroxylamine groups is 1. The van der Waals surface area contributed by atoms with Crippen LogP contribution in [0.25, 0.3) is 0 Å². The van der Waals surface area contributed by atoms with E-state index < -0.39 is 0 Å². The second-order valence-corrected chi connectivity index (χ2v) is 3.90. The Morgan fingerprint density at radius 1 is 1.28 bits per heavy atom. The van der Waals surface area contributed by atoms with Gasteiger partial charge in [0.2, 0.25) is 0 Å². The maximum atomic E-state index is 11.8. The van der Waals surface area contributed by atoms with Gasteiger partial charge in [0.25, 0.3) is 5.91 Å². The fourth-order valence-corrected chi connectivity index (χ4v) is 1.54. The van der Waals surface area contributed by atoms with Crippen LogP contribution in [0.1, 0.15) is 21.5 Å². The van der Waals surface area contributed by atoms with Crippen LogP contribution < -0.4 is 5.48 Å². The molecule has 1 N–H and O–H groups in total. The highest BCUT2D eigenvalue weighted by atomic mass is 16.6. The Morgan fingerprint density at radius 3 is 2.78 bits per heavy atom. The molecule has 0 aliphatic rings. The maximum Gasteiger partial charge on any atom is 0.275 e. The third-order valence-electron chi connectivity index (χ3n) is 2.51. The number of hydrogen-bond donors (Lipinski definition) is 1. The van der Waals surface area contributed by atoms with Gasteiger partial charge in [-0.2, -0.15) is 0 Å². The summed E-state index contributed by atoms with van der Waals surface area (Å²) in [5, 5.41) is 0. The molecular weight excluding hydrogens is 228 g/mol. The monoisotopic (exact) mass is 242 g/mol. The Labute approximate surface area is 106 Å². The molecule has 0 aliphatic heterocycles. The largest absolute Gasteiger partial charge is 0.275 e. The molecule has 0 aliphatic carbocycles. The molecule has 0 unspecified atom stereocenters. The van der Waals surface area contributed by atoms with Crippen molar-refractivity contribution in [1.29, 1.82) is 0 Å². The van der Waals surface area contributed by atoms with Gasteiger partial charge >= 0.3 is 0 Å². The number of benzene rings is 1. The highest BCUT2D eigenvalue weighted by Gasteiger charge is 2.07. The average molecular weight is 242 g/mol. The molecule has 0 bridgehead atoms. The number of nitrogens with one attached hydrogen (secondary N) is 1. The van der Waals surface area contributed by atoms with E-state index in [0.29, 0.717) is 12.2 Å². The minimum absolute atomic E-state index is 0.258. The maximum absolute atomic E-state index is 11.8. The van der Waals surface area contributed by atoms with Crippen LogP contribution in [-0.4, -0.2) is 10.9 Å². The molecular formula is C14H14N2O2. The third-order valence-corrected chi connectivity index (χ3v) is 2.51. The summed E-state index contributed by atoms with van der Waals surface area (Å²) >= 11 is 0. The first kappa shape index (κ1) is 12.3. The van der Waals surface area contributed by atoms with Gasteiger partial charge in [0.1, 0.15) is 0 Å². The summed E-state index contributed by atoms with van der Waals surface area (Å²) < 4.78 is 0. The lowest BCUT2D eigenvalue weighted by molar-refractivity contribution is 0.0233. The number of rotatable bonds is 4. The van der Waals surface area contributed by atoms with Crippen LogP contribution in [0.4, 0.5) is 0 Å². The smallest absolute Gasteiger partial charge is 0.269 e. The molecule has 18 heavy (non-hydrogen) atoms. The minimum Gasteiger partial charge on any atom is -0.269 e.